The maximum absolute atomic E-state index is 12.5. The lowest BCUT2D eigenvalue weighted by Crippen LogP contribution is -2.20. The molecule has 1 rings (SSSR count). The molecule has 0 radical (unpaired) electrons. The van der Waals surface area contributed by atoms with Crippen LogP contribution in [0.25, 0.3) is 0 Å². The van der Waals surface area contributed by atoms with Crippen molar-refractivity contribution in [2.75, 3.05) is 0 Å². The molecule has 2 unspecified atom stereocenters. The molecule has 0 aliphatic carbocycles. The zero-order valence-electron chi connectivity index (χ0n) is 9.60. The molecule has 0 aliphatic rings. The quantitative estimate of drug-likeness (QED) is 0.726. The first-order valence-corrected chi connectivity index (χ1v) is 5.11. The second-order valence-corrected chi connectivity index (χ2v) is 4.08. The zero-order valence-corrected chi connectivity index (χ0v) is 9.60. The molecule has 0 saturated carbocycles. The third-order valence-corrected chi connectivity index (χ3v) is 2.76. The summed E-state index contributed by atoms with van der Waals surface area (Å²) < 4.78 is 74.7. The van der Waals surface area contributed by atoms with E-state index in [0.717, 1.165) is 32.3 Å². The summed E-state index contributed by atoms with van der Waals surface area (Å²) in [5, 5.41) is 0. The van der Waals surface area contributed by atoms with Gasteiger partial charge in [-0.25, -0.2) is 0 Å². The van der Waals surface area contributed by atoms with Gasteiger partial charge in [0.15, 0.2) is 0 Å². The summed E-state index contributed by atoms with van der Waals surface area (Å²) in [5.74, 6) is -3.68. The van der Waals surface area contributed by atoms with Crippen LogP contribution in [0.2, 0.25) is 0 Å². The van der Waals surface area contributed by atoms with E-state index in [2.05, 4.69) is 4.98 Å². The Balaban J connectivity index is 3.07. The molecular formula is C11H11F6N. The number of alkyl halides is 6. The van der Waals surface area contributed by atoms with Gasteiger partial charge >= 0.3 is 12.4 Å². The molecule has 18 heavy (non-hydrogen) atoms. The Kier molecular flexibility index (Phi) is 3.92. The van der Waals surface area contributed by atoms with E-state index in [1.807, 2.05) is 0 Å². The standard InChI is InChI=1S/C11H11F6N/c1-6(10(12,13)14)8-3-9(5-18-4-8)7(2)11(15,16)17/h3-7H,1-2H3. The zero-order chi connectivity index (χ0) is 14.1. The van der Waals surface area contributed by atoms with Crippen molar-refractivity contribution in [3.8, 4) is 0 Å². The maximum atomic E-state index is 12.5. The Morgan fingerprint density at radius 2 is 1.17 bits per heavy atom. The molecule has 1 aromatic heterocycles. The Labute approximate surface area is 99.8 Å². The van der Waals surface area contributed by atoms with E-state index in [0.29, 0.717) is 0 Å². The van der Waals surface area contributed by atoms with Crippen molar-refractivity contribution in [2.45, 2.75) is 38.0 Å². The molecule has 1 nitrogen and oxygen atoms in total. The predicted molar refractivity (Wildman–Crippen MR) is 53.2 cm³/mol. The highest BCUT2D eigenvalue weighted by Gasteiger charge is 2.40. The molecule has 0 N–H and O–H groups in total. The van der Waals surface area contributed by atoms with Gasteiger partial charge in [-0.15, -0.1) is 0 Å². The molecule has 1 aromatic rings. The SMILES string of the molecule is CC(c1cncc(C(C)C(F)(F)F)c1)C(F)(F)F. The first kappa shape index (κ1) is 14.8. The minimum absolute atomic E-state index is 0.267. The molecule has 0 spiro atoms. The van der Waals surface area contributed by atoms with Crippen molar-refractivity contribution >= 4 is 0 Å². The highest BCUT2D eigenvalue weighted by Crippen LogP contribution is 2.37. The van der Waals surface area contributed by atoms with E-state index in [-0.39, 0.29) is 11.1 Å². The van der Waals surface area contributed by atoms with Gasteiger partial charge in [0.1, 0.15) is 0 Å². The fourth-order valence-electron chi connectivity index (χ4n) is 1.33. The number of halogens is 6. The third-order valence-electron chi connectivity index (χ3n) is 2.76. The number of rotatable bonds is 2. The fourth-order valence-corrected chi connectivity index (χ4v) is 1.33. The molecule has 0 amide bonds. The van der Waals surface area contributed by atoms with Gasteiger partial charge in [-0.3, -0.25) is 4.98 Å². The lowest BCUT2D eigenvalue weighted by Gasteiger charge is -2.19. The summed E-state index contributed by atoms with van der Waals surface area (Å²) >= 11 is 0. The van der Waals surface area contributed by atoms with Gasteiger partial charge in [-0.1, -0.05) is 6.07 Å². The van der Waals surface area contributed by atoms with Gasteiger partial charge < -0.3 is 0 Å². The van der Waals surface area contributed by atoms with Crippen LogP contribution in [0.4, 0.5) is 26.3 Å². The molecular weight excluding hydrogens is 260 g/mol. The second kappa shape index (κ2) is 4.78. The lowest BCUT2D eigenvalue weighted by molar-refractivity contribution is -0.147. The van der Waals surface area contributed by atoms with Crippen LogP contribution in [0, 0.1) is 0 Å². The molecule has 0 saturated heterocycles. The molecule has 7 heteroatoms. The largest absolute Gasteiger partial charge is 0.395 e. The summed E-state index contributed by atoms with van der Waals surface area (Å²) in [4.78, 5) is 3.45. The Morgan fingerprint density at radius 3 is 1.44 bits per heavy atom. The van der Waals surface area contributed by atoms with Crippen LogP contribution in [-0.4, -0.2) is 17.3 Å². The van der Waals surface area contributed by atoms with Gasteiger partial charge in [0.2, 0.25) is 0 Å². The van der Waals surface area contributed by atoms with Crippen molar-refractivity contribution in [3.63, 3.8) is 0 Å². The Hall–Kier alpha value is -1.27. The van der Waals surface area contributed by atoms with Crippen molar-refractivity contribution in [1.82, 2.24) is 4.98 Å². The number of nitrogens with zero attached hydrogens (tertiary/aromatic N) is 1. The second-order valence-electron chi connectivity index (χ2n) is 4.08. The molecule has 1 heterocycles. The first-order valence-electron chi connectivity index (χ1n) is 5.11. The van der Waals surface area contributed by atoms with E-state index < -0.39 is 24.2 Å². The van der Waals surface area contributed by atoms with Crippen LogP contribution >= 0.6 is 0 Å². The van der Waals surface area contributed by atoms with E-state index in [9.17, 15) is 26.3 Å². The average Bonchev–Trinajstić information content (AvgIpc) is 2.24. The summed E-state index contributed by atoms with van der Waals surface area (Å²) in [6.45, 7) is 1.78. The molecule has 0 fully saturated rings. The van der Waals surface area contributed by atoms with Gasteiger partial charge in [-0.2, -0.15) is 26.3 Å². The Bertz CT molecular complexity index is 373. The molecule has 2 atom stereocenters. The number of hydrogen-bond donors (Lipinski definition) is 0. The van der Waals surface area contributed by atoms with E-state index >= 15 is 0 Å². The van der Waals surface area contributed by atoms with E-state index in [1.54, 1.807) is 0 Å². The fraction of sp³-hybridized carbons (Fsp3) is 0.545. The lowest BCUT2D eigenvalue weighted by atomic mass is 9.96. The summed E-state index contributed by atoms with van der Waals surface area (Å²) in [6.07, 6.45) is -7.13. The van der Waals surface area contributed by atoms with Crippen molar-refractivity contribution < 1.29 is 26.3 Å². The number of aromatic nitrogens is 1. The van der Waals surface area contributed by atoms with Crippen LogP contribution in [0.15, 0.2) is 18.5 Å². The summed E-state index contributed by atoms with van der Waals surface area (Å²) in [7, 11) is 0. The predicted octanol–water partition coefficient (Wildman–Crippen LogP) is 4.41. The molecule has 0 aliphatic heterocycles. The number of pyridine rings is 1. The van der Waals surface area contributed by atoms with Gasteiger partial charge in [0.05, 0.1) is 11.8 Å². The first-order chi connectivity index (χ1) is 8.03. The maximum Gasteiger partial charge on any atom is 0.395 e. The minimum Gasteiger partial charge on any atom is -0.264 e. The smallest absolute Gasteiger partial charge is 0.264 e. The van der Waals surface area contributed by atoms with Gasteiger partial charge in [-0.05, 0) is 25.0 Å². The third kappa shape index (κ3) is 3.36. The van der Waals surface area contributed by atoms with Crippen LogP contribution in [-0.2, 0) is 0 Å². The molecule has 0 bridgehead atoms. The topological polar surface area (TPSA) is 12.9 Å². The monoisotopic (exact) mass is 271 g/mol. The average molecular weight is 271 g/mol. The van der Waals surface area contributed by atoms with Crippen LogP contribution in [0.1, 0.15) is 36.8 Å². The van der Waals surface area contributed by atoms with Gasteiger partial charge in [0.25, 0.3) is 0 Å². The minimum atomic E-state index is -4.50. The van der Waals surface area contributed by atoms with Crippen LogP contribution in [0.3, 0.4) is 0 Å². The highest BCUT2D eigenvalue weighted by molar-refractivity contribution is 5.25. The highest BCUT2D eigenvalue weighted by atomic mass is 19.4. The van der Waals surface area contributed by atoms with E-state index in [4.69, 9.17) is 0 Å². The summed E-state index contributed by atoms with van der Waals surface area (Å²) in [6, 6.07) is 0.906. The van der Waals surface area contributed by atoms with Crippen molar-refractivity contribution in [2.24, 2.45) is 0 Å². The normalized spacial score (nSPS) is 16.4. The number of hydrogen-bond acceptors (Lipinski definition) is 1. The Morgan fingerprint density at radius 1 is 0.833 bits per heavy atom. The van der Waals surface area contributed by atoms with Gasteiger partial charge in [0, 0.05) is 12.4 Å². The van der Waals surface area contributed by atoms with Crippen LogP contribution < -0.4 is 0 Å². The van der Waals surface area contributed by atoms with E-state index in [1.165, 1.54) is 0 Å². The van der Waals surface area contributed by atoms with Crippen molar-refractivity contribution in [3.05, 3.63) is 29.6 Å². The summed E-state index contributed by atoms with van der Waals surface area (Å²) in [5.41, 5.74) is -0.535. The molecule has 0 aromatic carbocycles. The van der Waals surface area contributed by atoms with Crippen LogP contribution in [0.5, 0.6) is 0 Å². The molecule has 102 valence electrons. The van der Waals surface area contributed by atoms with Crippen molar-refractivity contribution in [1.29, 1.82) is 0 Å².